The second-order valence-corrected chi connectivity index (χ2v) is 12.0. The van der Waals surface area contributed by atoms with E-state index in [1.54, 1.807) is 20.8 Å². The number of rotatable bonds is 11. The monoisotopic (exact) mass is 647 g/mol. The fourth-order valence-electron chi connectivity index (χ4n) is 3.40. The molecular weight excluding hydrogens is 622 g/mol. The molecule has 2 atom stereocenters. The molecule has 2 N–H and O–H groups in total. The van der Waals surface area contributed by atoms with Gasteiger partial charge in [0.1, 0.15) is 17.1 Å². The Morgan fingerprint density at radius 2 is 1.95 bits per heavy atom. The summed E-state index contributed by atoms with van der Waals surface area (Å²) in [4.78, 5) is 77.5. The average molecular weight is 649 g/mol. The maximum atomic E-state index is 12.7. The number of hydrogen-bond donors (Lipinski definition) is 2. The van der Waals surface area contributed by atoms with E-state index in [4.69, 9.17) is 9.47 Å². The summed E-state index contributed by atoms with van der Waals surface area (Å²) in [6.07, 6.45) is -0.387. The highest BCUT2D eigenvalue weighted by atomic mass is 79.9. The van der Waals surface area contributed by atoms with Gasteiger partial charge in [0.15, 0.2) is 10.9 Å². The second-order valence-electron chi connectivity index (χ2n) is 9.42. The van der Waals surface area contributed by atoms with Crippen molar-refractivity contribution in [2.24, 2.45) is 12.5 Å². The van der Waals surface area contributed by atoms with Crippen molar-refractivity contribution in [1.29, 1.82) is 0 Å². The first kappa shape index (κ1) is 30.6. The first-order valence-electron chi connectivity index (χ1n) is 11.4. The summed E-state index contributed by atoms with van der Waals surface area (Å²) in [7, 11) is 1.51. The van der Waals surface area contributed by atoms with Crippen molar-refractivity contribution >= 4 is 69.0 Å². The molecule has 0 radical (unpaired) electrons. The van der Waals surface area contributed by atoms with Crippen LogP contribution in [0, 0.1) is 5.41 Å². The number of ether oxygens (including phenoxy) is 2. The van der Waals surface area contributed by atoms with E-state index in [1.165, 1.54) is 23.5 Å². The molecule has 2 amide bonds. The van der Waals surface area contributed by atoms with Gasteiger partial charge in [-0.25, -0.2) is 9.48 Å². The number of aromatic nitrogens is 3. The van der Waals surface area contributed by atoms with Gasteiger partial charge in [0.25, 0.3) is 5.91 Å². The number of halogens is 1. The zero-order valence-corrected chi connectivity index (χ0v) is 24.6. The molecule has 1 saturated heterocycles. The first-order valence-corrected chi connectivity index (χ1v) is 14.5. The Morgan fingerprint density at radius 1 is 1.26 bits per heavy atom. The minimum absolute atomic E-state index is 0.00879. The summed E-state index contributed by atoms with van der Waals surface area (Å²) in [6.45, 7) is 4.49. The standard InChI is InChI=1S/C22H26BrN5O9S2/c1-22(2,3)20(35)37-9-36-16-15(31)25-21(27(4)26-16)39-8-10-7-38-18-13(24-12(30)5-11(29)6-23)17(32)28(18)14(10)19(33)34/h13,18H,5-9H2,1-4H3,(H,24,30)(H,33,34)/t13-,18-/m1/s1. The van der Waals surface area contributed by atoms with E-state index in [1.807, 2.05) is 0 Å². The van der Waals surface area contributed by atoms with Crippen LogP contribution in [0.1, 0.15) is 27.2 Å². The summed E-state index contributed by atoms with van der Waals surface area (Å²) in [5.41, 5.74) is -1.32. The number of β-lactam (4-membered cyclic amide) rings is 1. The smallest absolute Gasteiger partial charge is 0.352 e. The number of fused-ring (bicyclic) bond motifs is 1. The molecule has 0 bridgehead atoms. The van der Waals surface area contributed by atoms with Gasteiger partial charge in [-0.15, -0.1) is 16.9 Å². The number of carboxylic acids is 1. The van der Waals surface area contributed by atoms with Crippen LogP contribution in [0.5, 0.6) is 5.88 Å². The number of alkyl halides is 1. The lowest BCUT2D eigenvalue weighted by molar-refractivity contribution is -0.160. The van der Waals surface area contributed by atoms with Crippen LogP contribution < -0.4 is 15.6 Å². The lowest BCUT2D eigenvalue weighted by Crippen LogP contribution is -2.70. The molecule has 0 aliphatic carbocycles. The second kappa shape index (κ2) is 12.5. The number of ketones is 1. The van der Waals surface area contributed by atoms with Crippen molar-refractivity contribution in [2.75, 3.05) is 23.6 Å². The molecule has 0 aromatic carbocycles. The largest absolute Gasteiger partial charge is 0.477 e. The molecule has 1 aromatic rings. The van der Waals surface area contributed by atoms with Gasteiger partial charge >= 0.3 is 23.4 Å². The molecular formula is C22H26BrN5O9S2. The minimum atomic E-state index is -1.31. The molecule has 212 valence electrons. The van der Waals surface area contributed by atoms with Crippen molar-refractivity contribution in [3.8, 4) is 5.88 Å². The maximum absolute atomic E-state index is 12.7. The van der Waals surface area contributed by atoms with E-state index in [2.05, 4.69) is 31.3 Å². The molecule has 1 aromatic heterocycles. The molecule has 0 unspecified atom stereocenters. The molecule has 0 saturated carbocycles. The van der Waals surface area contributed by atoms with Crippen molar-refractivity contribution in [1.82, 2.24) is 25.0 Å². The van der Waals surface area contributed by atoms with E-state index in [9.17, 15) is 33.9 Å². The summed E-state index contributed by atoms with van der Waals surface area (Å²) >= 11 is 5.29. The number of Topliss-reactive ketones (excluding diaryl/α,β-unsaturated/α-hetero) is 1. The number of hydrogen-bond acceptors (Lipinski definition) is 12. The average Bonchev–Trinajstić information content (AvgIpc) is 2.86. The van der Waals surface area contributed by atoms with E-state index in [0.29, 0.717) is 5.57 Å². The van der Waals surface area contributed by atoms with Gasteiger partial charge in [-0.05, 0) is 26.3 Å². The highest BCUT2D eigenvalue weighted by molar-refractivity contribution is 9.09. The number of aliphatic carboxylic acids is 1. The number of carboxylic acid groups (broad SMARTS) is 1. The molecule has 17 heteroatoms. The highest BCUT2D eigenvalue weighted by Gasteiger charge is 2.54. The Balaban J connectivity index is 1.66. The predicted molar refractivity (Wildman–Crippen MR) is 142 cm³/mol. The van der Waals surface area contributed by atoms with Crippen LogP contribution in [0.2, 0.25) is 0 Å². The molecule has 1 fully saturated rings. The van der Waals surface area contributed by atoms with Gasteiger partial charge in [0, 0.05) is 18.6 Å². The number of esters is 1. The van der Waals surface area contributed by atoms with Gasteiger partial charge < -0.3 is 19.9 Å². The van der Waals surface area contributed by atoms with Crippen LogP contribution in [0.3, 0.4) is 0 Å². The van der Waals surface area contributed by atoms with Gasteiger partial charge in [-0.2, -0.15) is 4.98 Å². The number of amides is 2. The number of aryl methyl sites for hydroxylation is 1. The van der Waals surface area contributed by atoms with Gasteiger partial charge in [0.2, 0.25) is 12.7 Å². The molecule has 2 aliphatic rings. The third kappa shape index (κ3) is 7.19. The normalized spacial score (nSPS) is 18.7. The van der Waals surface area contributed by atoms with Crippen molar-refractivity contribution in [2.45, 2.75) is 43.8 Å². The Labute approximate surface area is 239 Å². The molecule has 14 nitrogen and oxygen atoms in total. The fraction of sp³-hybridized carbons (Fsp3) is 0.545. The Morgan fingerprint density at radius 3 is 2.56 bits per heavy atom. The molecule has 2 aliphatic heterocycles. The van der Waals surface area contributed by atoms with E-state index >= 15 is 0 Å². The molecule has 3 rings (SSSR count). The third-order valence-corrected chi connectivity index (χ3v) is 8.42. The Hall–Kier alpha value is -2.92. The predicted octanol–water partition coefficient (Wildman–Crippen LogP) is 0.286. The van der Waals surface area contributed by atoms with Gasteiger partial charge in [-0.3, -0.25) is 28.9 Å². The minimum Gasteiger partial charge on any atom is -0.477 e. The molecule has 3 heterocycles. The highest BCUT2D eigenvalue weighted by Crippen LogP contribution is 2.41. The SMILES string of the molecule is Cn1nc(OCOC(=O)C(C)(C)C)c(=O)nc1SCC1=C(C(=O)O)N2C(=O)[C@@H](NC(=O)CC(=O)CBr)[C@H]2SC1. The summed E-state index contributed by atoms with van der Waals surface area (Å²) in [6, 6.07) is -0.934. The number of nitrogens with zero attached hydrogens (tertiary/aromatic N) is 4. The van der Waals surface area contributed by atoms with E-state index < -0.39 is 52.9 Å². The number of carbonyl (C=O) groups excluding carboxylic acids is 4. The van der Waals surface area contributed by atoms with Crippen LogP contribution in [0.15, 0.2) is 21.2 Å². The number of carbonyl (C=O) groups is 5. The van der Waals surface area contributed by atoms with E-state index in [0.717, 1.165) is 16.7 Å². The number of thioether (sulfide) groups is 2. The first-order chi connectivity index (χ1) is 18.2. The van der Waals surface area contributed by atoms with Crippen LogP contribution in [-0.4, -0.2) is 89.4 Å². The Kier molecular flexibility index (Phi) is 9.82. The quantitative estimate of drug-likeness (QED) is 0.0833. The zero-order valence-electron chi connectivity index (χ0n) is 21.4. The summed E-state index contributed by atoms with van der Waals surface area (Å²) in [5, 5.41) is 15.9. The molecule has 0 spiro atoms. The lowest BCUT2D eigenvalue weighted by Gasteiger charge is -2.49. The van der Waals surface area contributed by atoms with Crippen LogP contribution in [-0.2, 0) is 35.8 Å². The van der Waals surface area contributed by atoms with Crippen molar-refractivity contribution in [3.63, 3.8) is 0 Å². The van der Waals surface area contributed by atoms with Crippen LogP contribution >= 0.6 is 39.5 Å². The lowest BCUT2D eigenvalue weighted by atomic mass is 9.98. The van der Waals surface area contributed by atoms with Gasteiger partial charge in [-0.1, -0.05) is 27.7 Å². The summed E-state index contributed by atoms with van der Waals surface area (Å²) < 4.78 is 11.4. The third-order valence-electron chi connectivity index (χ3n) is 5.34. The summed E-state index contributed by atoms with van der Waals surface area (Å²) in [5.74, 6) is -3.41. The fourth-order valence-corrected chi connectivity index (χ4v) is 5.99. The zero-order chi connectivity index (χ0) is 29.1. The van der Waals surface area contributed by atoms with Gasteiger partial charge in [0.05, 0.1) is 17.2 Å². The van der Waals surface area contributed by atoms with Crippen molar-refractivity contribution in [3.05, 3.63) is 21.6 Å². The number of nitrogens with one attached hydrogen (secondary N) is 1. The van der Waals surface area contributed by atoms with Crippen molar-refractivity contribution < 1.29 is 38.6 Å². The van der Waals surface area contributed by atoms with Crippen LogP contribution in [0.25, 0.3) is 0 Å². The topological polar surface area (TPSA) is 187 Å². The van der Waals surface area contributed by atoms with E-state index in [-0.39, 0.29) is 45.8 Å². The Bertz CT molecular complexity index is 1290. The molecule has 39 heavy (non-hydrogen) atoms. The maximum Gasteiger partial charge on any atom is 0.352 e. The van der Waals surface area contributed by atoms with Crippen LogP contribution in [0.4, 0.5) is 0 Å².